The van der Waals surface area contributed by atoms with Gasteiger partial charge in [0, 0.05) is 17.8 Å². The van der Waals surface area contributed by atoms with Gasteiger partial charge in [0.25, 0.3) is 0 Å². The van der Waals surface area contributed by atoms with E-state index in [1.54, 1.807) is 36.4 Å². The molecule has 4 aromatic rings. The predicted octanol–water partition coefficient (Wildman–Crippen LogP) is 5.96. The van der Waals surface area contributed by atoms with E-state index in [1.165, 1.54) is 42.2 Å². The molecule has 0 aliphatic heterocycles. The van der Waals surface area contributed by atoms with Crippen LogP contribution in [0.4, 0.5) is 15.2 Å². The third-order valence-electron chi connectivity index (χ3n) is 4.86. The van der Waals surface area contributed by atoms with E-state index in [0.29, 0.717) is 27.3 Å². The molecule has 0 saturated carbocycles. The number of nitrogens with zero attached hydrogens (tertiary/aromatic N) is 2. The van der Waals surface area contributed by atoms with Gasteiger partial charge in [-0.3, -0.25) is 9.59 Å². The maximum atomic E-state index is 13.2. The first kappa shape index (κ1) is 23.6. The first-order chi connectivity index (χ1) is 16.5. The minimum atomic E-state index is -0.569. The Morgan fingerprint density at radius 2 is 1.76 bits per heavy atom. The summed E-state index contributed by atoms with van der Waals surface area (Å²) in [5, 5.41) is 14.5. The normalized spacial score (nSPS) is 11.6. The van der Waals surface area contributed by atoms with Crippen molar-refractivity contribution in [3.05, 3.63) is 101 Å². The number of Topliss-reactive ketones (excluding diaryl/α,β-unsaturated/α-hetero) is 1. The smallest absolute Gasteiger partial charge is 0.242 e. The van der Waals surface area contributed by atoms with Crippen LogP contribution in [-0.4, -0.2) is 21.9 Å². The Morgan fingerprint density at radius 3 is 2.50 bits per heavy atom. The number of aromatic nitrogens is 2. The molecule has 1 amide bonds. The van der Waals surface area contributed by atoms with Gasteiger partial charge < -0.3 is 10.6 Å². The van der Waals surface area contributed by atoms with Crippen LogP contribution < -0.4 is 10.6 Å². The summed E-state index contributed by atoms with van der Waals surface area (Å²) < 4.78 is 13.7. The highest BCUT2D eigenvalue weighted by molar-refractivity contribution is 8.02. The number of hydrogen-bond acceptors (Lipinski definition) is 7. The van der Waals surface area contributed by atoms with Crippen LogP contribution in [0.3, 0.4) is 0 Å². The Morgan fingerprint density at radius 1 is 1.00 bits per heavy atom. The van der Waals surface area contributed by atoms with E-state index in [2.05, 4.69) is 20.8 Å². The zero-order valence-corrected chi connectivity index (χ0v) is 19.8. The molecule has 1 aromatic heterocycles. The van der Waals surface area contributed by atoms with Gasteiger partial charge in [0.15, 0.2) is 10.1 Å². The molecule has 1 atom stereocenters. The number of nitrogens with one attached hydrogen (secondary N) is 2. The minimum absolute atomic E-state index is 0.0698. The SMILES string of the molecule is CC(=O)c1cccc(NC(=O)[C@H](Sc2nnc(NCc3ccc(F)cc3)s2)c2ccccc2)c1. The molecule has 1 heterocycles. The lowest BCUT2D eigenvalue weighted by atomic mass is 10.1. The highest BCUT2D eigenvalue weighted by Gasteiger charge is 2.24. The van der Waals surface area contributed by atoms with Crippen molar-refractivity contribution in [2.45, 2.75) is 23.1 Å². The van der Waals surface area contributed by atoms with E-state index in [-0.39, 0.29) is 17.5 Å². The fraction of sp³-hybridized carbons (Fsp3) is 0.120. The van der Waals surface area contributed by atoms with E-state index >= 15 is 0 Å². The summed E-state index contributed by atoms with van der Waals surface area (Å²) in [5.74, 6) is -0.580. The highest BCUT2D eigenvalue weighted by Crippen LogP contribution is 2.38. The molecule has 0 radical (unpaired) electrons. The van der Waals surface area contributed by atoms with Crippen molar-refractivity contribution < 1.29 is 14.0 Å². The number of carbonyl (C=O) groups excluding carboxylic acids is 2. The van der Waals surface area contributed by atoms with Crippen molar-refractivity contribution in [1.82, 2.24) is 10.2 Å². The molecule has 172 valence electrons. The van der Waals surface area contributed by atoms with Gasteiger partial charge in [0.2, 0.25) is 11.0 Å². The lowest BCUT2D eigenvalue weighted by molar-refractivity contribution is -0.115. The molecule has 3 aromatic carbocycles. The standard InChI is InChI=1S/C25H21FN4O2S2/c1-16(31)19-8-5-9-21(14-19)28-23(32)22(18-6-3-2-4-7-18)33-25-30-29-24(34-25)27-15-17-10-12-20(26)13-11-17/h2-14,22H,15H2,1H3,(H,27,29)(H,28,32)/t22-/m1/s1. The first-order valence-electron chi connectivity index (χ1n) is 10.4. The molecule has 0 spiro atoms. The van der Waals surface area contributed by atoms with Gasteiger partial charge in [-0.1, -0.05) is 77.7 Å². The second kappa shape index (κ2) is 11.0. The van der Waals surface area contributed by atoms with Crippen molar-refractivity contribution in [2.75, 3.05) is 10.6 Å². The van der Waals surface area contributed by atoms with E-state index in [9.17, 15) is 14.0 Å². The van der Waals surface area contributed by atoms with Crippen molar-refractivity contribution in [3.63, 3.8) is 0 Å². The second-order valence-corrected chi connectivity index (χ2v) is 9.72. The quantitative estimate of drug-likeness (QED) is 0.221. The topological polar surface area (TPSA) is 84.0 Å². The largest absolute Gasteiger partial charge is 0.356 e. The fourth-order valence-electron chi connectivity index (χ4n) is 3.13. The van der Waals surface area contributed by atoms with Gasteiger partial charge in [-0.05, 0) is 42.3 Å². The average Bonchev–Trinajstić information content (AvgIpc) is 3.30. The summed E-state index contributed by atoms with van der Waals surface area (Å²) in [6.07, 6.45) is 0. The average molecular weight is 493 g/mol. The van der Waals surface area contributed by atoms with Crippen molar-refractivity contribution in [1.29, 1.82) is 0 Å². The summed E-state index contributed by atoms with van der Waals surface area (Å²) >= 11 is 2.64. The van der Waals surface area contributed by atoms with Crippen LogP contribution in [0.1, 0.15) is 33.7 Å². The van der Waals surface area contributed by atoms with Crippen LogP contribution >= 0.6 is 23.1 Å². The van der Waals surface area contributed by atoms with Crippen molar-refractivity contribution >= 4 is 45.6 Å². The number of anilines is 2. The number of rotatable bonds is 9. The lowest BCUT2D eigenvalue weighted by Gasteiger charge is -2.16. The number of ketones is 1. The summed E-state index contributed by atoms with van der Waals surface area (Å²) in [7, 11) is 0. The molecule has 4 rings (SSSR count). The summed E-state index contributed by atoms with van der Waals surface area (Å²) in [6.45, 7) is 1.97. The number of benzene rings is 3. The van der Waals surface area contributed by atoms with E-state index in [1.807, 2.05) is 30.3 Å². The third-order valence-corrected chi connectivity index (χ3v) is 7.08. The zero-order valence-electron chi connectivity index (χ0n) is 18.2. The third kappa shape index (κ3) is 6.27. The first-order valence-corrected chi connectivity index (χ1v) is 12.1. The molecule has 9 heteroatoms. The Kier molecular flexibility index (Phi) is 7.66. The van der Waals surface area contributed by atoms with E-state index < -0.39 is 5.25 Å². The van der Waals surface area contributed by atoms with E-state index in [4.69, 9.17) is 0 Å². The van der Waals surface area contributed by atoms with Crippen LogP contribution in [-0.2, 0) is 11.3 Å². The van der Waals surface area contributed by atoms with Gasteiger partial charge in [-0.15, -0.1) is 10.2 Å². The molecular weight excluding hydrogens is 471 g/mol. The Labute approximate surface area is 204 Å². The molecule has 6 nitrogen and oxygen atoms in total. The molecule has 2 N–H and O–H groups in total. The molecule has 34 heavy (non-hydrogen) atoms. The number of halogens is 1. The fourth-order valence-corrected chi connectivity index (χ4v) is 5.07. The molecule has 0 aliphatic carbocycles. The minimum Gasteiger partial charge on any atom is -0.356 e. The Balaban J connectivity index is 1.47. The number of hydrogen-bond donors (Lipinski definition) is 2. The molecule has 0 fully saturated rings. The van der Waals surface area contributed by atoms with Crippen molar-refractivity contribution in [2.24, 2.45) is 0 Å². The van der Waals surface area contributed by atoms with Crippen LogP contribution in [0.5, 0.6) is 0 Å². The maximum Gasteiger partial charge on any atom is 0.242 e. The lowest BCUT2D eigenvalue weighted by Crippen LogP contribution is -2.19. The summed E-state index contributed by atoms with van der Waals surface area (Å²) in [5.41, 5.74) is 2.82. The highest BCUT2D eigenvalue weighted by atomic mass is 32.2. The molecular formula is C25H21FN4O2S2. The van der Waals surface area contributed by atoms with Gasteiger partial charge in [-0.2, -0.15) is 0 Å². The van der Waals surface area contributed by atoms with Gasteiger partial charge in [-0.25, -0.2) is 4.39 Å². The number of carbonyl (C=O) groups is 2. The van der Waals surface area contributed by atoms with Crippen LogP contribution in [0, 0.1) is 5.82 Å². The Hall–Kier alpha value is -3.56. The van der Waals surface area contributed by atoms with Crippen LogP contribution in [0.2, 0.25) is 0 Å². The molecule has 0 unspecified atom stereocenters. The summed E-state index contributed by atoms with van der Waals surface area (Å²) in [6, 6.07) is 22.5. The molecule has 0 bridgehead atoms. The Bertz CT molecular complexity index is 1280. The molecule has 0 aliphatic rings. The number of amides is 1. The second-order valence-electron chi connectivity index (χ2n) is 7.39. The predicted molar refractivity (Wildman–Crippen MR) is 134 cm³/mol. The summed E-state index contributed by atoms with van der Waals surface area (Å²) in [4.78, 5) is 24.9. The van der Waals surface area contributed by atoms with Crippen molar-refractivity contribution in [3.8, 4) is 0 Å². The van der Waals surface area contributed by atoms with Gasteiger partial charge >= 0.3 is 0 Å². The maximum absolute atomic E-state index is 13.2. The van der Waals surface area contributed by atoms with Gasteiger partial charge in [0.05, 0.1) is 0 Å². The zero-order chi connectivity index (χ0) is 23.9. The van der Waals surface area contributed by atoms with E-state index in [0.717, 1.165) is 11.1 Å². The van der Waals surface area contributed by atoms with Crippen LogP contribution in [0.25, 0.3) is 0 Å². The monoisotopic (exact) mass is 492 g/mol. The van der Waals surface area contributed by atoms with Gasteiger partial charge in [0.1, 0.15) is 11.1 Å². The van der Waals surface area contributed by atoms with Crippen LogP contribution in [0.15, 0.2) is 83.2 Å². The molecule has 0 saturated heterocycles. The number of thioether (sulfide) groups is 1.